The highest BCUT2D eigenvalue weighted by Crippen LogP contribution is 2.31. The molecule has 0 radical (unpaired) electrons. The summed E-state index contributed by atoms with van der Waals surface area (Å²) in [4.78, 5) is 7.20. The fourth-order valence-electron chi connectivity index (χ4n) is 1.45. The van der Waals surface area contributed by atoms with Gasteiger partial charge in [0.2, 0.25) is 0 Å². The van der Waals surface area contributed by atoms with E-state index >= 15 is 0 Å². The van der Waals surface area contributed by atoms with Gasteiger partial charge in [-0.25, -0.2) is 18.4 Å². The summed E-state index contributed by atoms with van der Waals surface area (Å²) in [6.07, 6.45) is 1.11. The van der Waals surface area contributed by atoms with Crippen LogP contribution >= 0.6 is 34.8 Å². The first-order chi connectivity index (χ1) is 9.72. The van der Waals surface area contributed by atoms with Crippen LogP contribution in [0.5, 0.6) is 0 Å². The molecule has 0 spiro atoms. The van der Waals surface area contributed by atoms with Gasteiger partial charge in [-0.15, -0.1) is 0 Å². The molecule has 0 fully saturated rings. The van der Waals surface area contributed by atoms with Crippen molar-refractivity contribution in [1.82, 2.24) is 9.97 Å². The number of benzene rings is 1. The topological polar surface area (TPSA) is 98.0 Å². The van der Waals surface area contributed by atoms with Crippen molar-refractivity contribution < 1.29 is 8.42 Å². The molecule has 1 aromatic carbocycles. The third-order valence-electron chi connectivity index (χ3n) is 2.66. The molecule has 1 aromatic heterocycles. The van der Waals surface area contributed by atoms with Crippen LogP contribution in [0.4, 0.5) is 11.4 Å². The molecule has 3 N–H and O–H groups in total. The molecule has 1 heterocycles. The Hall–Kier alpha value is -1.28. The minimum atomic E-state index is -3.98. The van der Waals surface area contributed by atoms with Gasteiger partial charge in [-0.2, -0.15) is 0 Å². The Morgan fingerprint density at radius 2 is 1.71 bits per heavy atom. The van der Waals surface area contributed by atoms with Crippen LogP contribution in [0.25, 0.3) is 0 Å². The number of hydrogen-bond donors (Lipinski definition) is 2. The Balaban J connectivity index is 2.49. The number of nitrogens with one attached hydrogen (secondary N) is 1. The maximum atomic E-state index is 12.3. The summed E-state index contributed by atoms with van der Waals surface area (Å²) >= 11 is 17.5. The quantitative estimate of drug-likeness (QED) is 0.641. The zero-order valence-electron chi connectivity index (χ0n) is 10.6. The molecule has 21 heavy (non-hydrogen) atoms. The first-order valence-corrected chi connectivity index (χ1v) is 8.08. The monoisotopic (exact) mass is 366 g/mol. The Kier molecular flexibility index (Phi) is 4.48. The van der Waals surface area contributed by atoms with E-state index in [1.54, 1.807) is 6.92 Å². The number of aromatic nitrogens is 2. The van der Waals surface area contributed by atoms with Crippen LogP contribution in [0, 0.1) is 6.92 Å². The fraction of sp³-hybridized carbons (Fsp3) is 0.0909. The largest absolute Gasteiger partial charge is 0.398 e. The van der Waals surface area contributed by atoms with E-state index < -0.39 is 10.0 Å². The molecule has 2 aromatic rings. The maximum absolute atomic E-state index is 12.3. The summed E-state index contributed by atoms with van der Waals surface area (Å²) in [6.45, 7) is 1.68. The van der Waals surface area contributed by atoms with Crippen LogP contribution in [-0.2, 0) is 10.0 Å². The number of nitrogens with zero attached hydrogens (tertiary/aromatic N) is 2. The zero-order valence-corrected chi connectivity index (χ0v) is 13.6. The molecule has 6 nitrogen and oxygen atoms in total. The summed E-state index contributed by atoms with van der Waals surface area (Å²) < 4.78 is 26.9. The molecule has 112 valence electrons. The molecule has 0 bridgehead atoms. The van der Waals surface area contributed by atoms with E-state index in [2.05, 4.69) is 14.7 Å². The summed E-state index contributed by atoms with van der Waals surface area (Å²) in [5.41, 5.74) is 6.45. The van der Waals surface area contributed by atoms with Crippen molar-refractivity contribution in [3.63, 3.8) is 0 Å². The van der Waals surface area contributed by atoms with Crippen LogP contribution < -0.4 is 10.5 Å². The average Bonchev–Trinajstić information content (AvgIpc) is 2.40. The van der Waals surface area contributed by atoms with Gasteiger partial charge in [0, 0.05) is 10.7 Å². The number of rotatable bonds is 3. The molecular formula is C11H9Cl3N4O2S. The molecule has 0 aliphatic rings. The first-order valence-electron chi connectivity index (χ1n) is 5.47. The van der Waals surface area contributed by atoms with Crippen LogP contribution in [0.3, 0.4) is 0 Å². The van der Waals surface area contributed by atoms with E-state index in [4.69, 9.17) is 40.5 Å². The summed E-state index contributed by atoms with van der Waals surface area (Å²) in [6, 6.07) is 2.57. The highest BCUT2D eigenvalue weighted by molar-refractivity contribution is 7.92. The summed E-state index contributed by atoms with van der Waals surface area (Å²) in [7, 11) is -3.98. The van der Waals surface area contributed by atoms with Crippen molar-refractivity contribution in [2.45, 2.75) is 11.8 Å². The predicted octanol–water partition coefficient (Wildman–Crippen LogP) is 3.13. The fourth-order valence-corrected chi connectivity index (χ4v) is 3.40. The van der Waals surface area contributed by atoms with Gasteiger partial charge in [-0.05, 0) is 24.6 Å². The molecular weight excluding hydrogens is 359 g/mol. The standard InChI is InChI=1S/C11H9Cl3N4O2S/c1-5-7(12)2-6(3-8(5)15)21(19,20)18-9-10(13)16-4-17-11(9)14/h2-4,18H,15H2,1H3. The van der Waals surface area contributed by atoms with E-state index in [0.717, 1.165) is 6.33 Å². The highest BCUT2D eigenvalue weighted by atomic mass is 35.5. The van der Waals surface area contributed by atoms with E-state index in [1.165, 1.54) is 12.1 Å². The molecule has 0 aliphatic heterocycles. The summed E-state index contributed by atoms with van der Waals surface area (Å²) in [5.74, 6) is 0. The number of nitrogen functional groups attached to an aromatic ring is 1. The second kappa shape index (κ2) is 5.84. The van der Waals surface area contributed by atoms with Crippen LogP contribution in [0.15, 0.2) is 23.4 Å². The lowest BCUT2D eigenvalue weighted by molar-refractivity contribution is 0.601. The Bertz CT molecular complexity index is 768. The van der Waals surface area contributed by atoms with Crippen molar-refractivity contribution in [3.8, 4) is 0 Å². The third kappa shape index (κ3) is 3.32. The van der Waals surface area contributed by atoms with E-state index in [1.807, 2.05) is 0 Å². The number of anilines is 2. The van der Waals surface area contributed by atoms with Crippen molar-refractivity contribution >= 4 is 56.2 Å². The Morgan fingerprint density at radius 3 is 2.24 bits per heavy atom. The number of sulfonamides is 1. The maximum Gasteiger partial charge on any atom is 0.262 e. The molecule has 0 atom stereocenters. The number of hydrogen-bond acceptors (Lipinski definition) is 5. The van der Waals surface area contributed by atoms with Crippen molar-refractivity contribution in [2.75, 3.05) is 10.5 Å². The Labute approximate surface area is 136 Å². The average molecular weight is 368 g/mol. The lowest BCUT2D eigenvalue weighted by atomic mass is 10.2. The lowest BCUT2D eigenvalue weighted by Crippen LogP contribution is -2.15. The molecule has 2 rings (SSSR count). The molecule has 0 saturated carbocycles. The third-order valence-corrected chi connectivity index (χ3v) is 4.95. The number of nitrogens with two attached hydrogens (primary N) is 1. The smallest absolute Gasteiger partial charge is 0.262 e. The second-order valence-electron chi connectivity index (χ2n) is 4.06. The van der Waals surface area contributed by atoms with Crippen LogP contribution in [0.2, 0.25) is 15.3 Å². The minimum Gasteiger partial charge on any atom is -0.398 e. The van der Waals surface area contributed by atoms with Gasteiger partial charge >= 0.3 is 0 Å². The van der Waals surface area contributed by atoms with Gasteiger partial charge in [0.05, 0.1) is 4.90 Å². The van der Waals surface area contributed by atoms with Gasteiger partial charge in [-0.1, -0.05) is 34.8 Å². The lowest BCUT2D eigenvalue weighted by Gasteiger charge is -2.12. The van der Waals surface area contributed by atoms with E-state index in [-0.39, 0.29) is 31.6 Å². The highest BCUT2D eigenvalue weighted by Gasteiger charge is 2.20. The normalized spacial score (nSPS) is 11.4. The van der Waals surface area contributed by atoms with Gasteiger partial charge in [-0.3, -0.25) is 4.72 Å². The van der Waals surface area contributed by atoms with Crippen molar-refractivity contribution in [1.29, 1.82) is 0 Å². The van der Waals surface area contributed by atoms with E-state index in [9.17, 15) is 8.42 Å². The molecule has 0 amide bonds. The zero-order chi connectivity index (χ0) is 15.8. The minimum absolute atomic E-state index is 0.115. The van der Waals surface area contributed by atoms with Gasteiger partial charge in [0.25, 0.3) is 10.0 Å². The number of halogens is 3. The van der Waals surface area contributed by atoms with Gasteiger partial charge < -0.3 is 5.73 Å². The molecule has 0 saturated heterocycles. The van der Waals surface area contributed by atoms with Gasteiger partial charge in [0.15, 0.2) is 10.3 Å². The second-order valence-corrected chi connectivity index (χ2v) is 6.86. The van der Waals surface area contributed by atoms with Crippen molar-refractivity contribution in [3.05, 3.63) is 39.4 Å². The summed E-state index contributed by atoms with van der Waals surface area (Å²) in [5, 5.41) is -0.00797. The van der Waals surface area contributed by atoms with Crippen molar-refractivity contribution in [2.24, 2.45) is 0 Å². The molecule has 10 heteroatoms. The first kappa shape index (κ1) is 16.1. The SMILES string of the molecule is Cc1c(N)cc(S(=O)(=O)Nc2c(Cl)ncnc2Cl)cc1Cl. The van der Waals surface area contributed by atoms with Gasteiger partial charge in [0.1, 0.15) is 12.0 Å². The molecule has 0 aliphatic carbocycles. The Morgan fingerprint density at radius 1 is 1.14 bits per heavy atom. The van der Waals surface area contributed by atoms with E-state index in [0.29, 0.717) is 5.56 Å². The molecule has 0 unspecified atom stereocenters. The van der Waals surface area contributed by atoms with Crippen LogP contribution in [-0.4, -0.2) is 18.4 Å². The predicted molar refractivity (Wildman–Crippen MR) is 83.5 cm³/mol. The van der Waals surface area contributed by atoms with Crippen LogP contribution in [0.1, 0.15) is 5.56 Å².